The summed E-state index contributed by atoms with van der Waals surface area (Å²) in [5.74, 6) is 0. The summed E-state index contributed by atoms with van der Waals surface area (Å²) in [4.78, 5) is 0. The molecule has 0 saturated heterocycles. The Kier molecular flexibility index (Phi) is 4.96. The maximum Gasteiger partial charge on any atom is 0.192 e. The number of nitrogens with one attached hydrogen (secondary N) is 1. The number of benzene rings is 1. The molecule has 1 aromatic carbocycles. The summed E-state index contributed by atoms with van der Waals surface area (Å²) in [5.41, 5.74) is 1.00. The van der Waals surface area contributed by atoms with Crippen LogP contribution in [0.15, 0.2) is 52.1 Å². The van der Waals surface area contributed by atoms with Gasteiger partial charge in [0.15, 0.2) is 9.84 Å². The highest BCUT2D eigenvalue weighted by molar-refractivity contribution is 7.94. The molecule has 0 aliphatic heterocycles. The average Bonchev–Trinajstić information content (AvgIpc) is 3.00. The molecule has 0 spiro atoms. The van der Waals surface area contributed by atoms with E-state index in [-0.39, 0.29) is 6.04 Å². The molecule has 2 aromatic rings. The molecule has 108 valence electrons. The number of hydrogen-bond acceptors (Lipinski definition) is 4. The zero-order valence-electron chi connectivity index (χ0n) is 11.6. The number of sulfone groups is 1. The van der Waals surface area contributed by atoms with E-state index >= 15 is 0 Å². The molecule has 5 heteroatoms. The van der Waals surface area contributed by atoms with Gasteiger partial charge in [0.2, 0.25) is 0 Å². The zero-order chi connectivity index (χ0) is 14.6. The molecule has 2 unspecified atom stereocenters. The minimum absolute atomic E-state index is 0.201. The molecule has 1 heterocycles. The van der Waals surface area contributed by atoms with Crippen molar-refractivity contribution in [3.63, 3.8) is 0 Å². The standard InChI is InChI=1S/C15H19NO2S2/c1-3-13(20(17,18)14-10-7-11-19-14)15(16-2)12-8-5-4-6-9-12/h4-11,13,15-16H,3H2,1-2H3. The van der Waals surface area contributed by atoms with E-state index in [1.165, 1.54) is 11.3 Å². The van der Waals surface area contributed by atoms with Crippen molar-refractivity contribution in [2.75, 3.05) is 7.05 Å². The highest BCUT2D eigenvalue weighted by atomic mass is 32.2. The van der Waals surface area contributed by atoms with Crippen molar-refractivity contribution in [1.82, 2.24) is 5.32 Å². The first-order valence-electron chi connectivity index (χ1n) is 6.61. The lowest BCUT2D eigenvalue weighted by Gasteiger charge is -2.25. The lowest BCUT2D eigenvalue weighted by molar-refractivity contribution is 0.508. The van der Waals surface area contributed by atoms with Crippen molar-refractivity contribution in [2.24, 2.45) is 0 Å². The molecule has 2 atom stereocenters. The first-order chi connectivity index (χ1) is 9.61. The summed E-state index contributed by atoms with van der Waals surface area (Å²) in [7, 11) is -1.50. The van der Waals surface area contributed by atoms with Gasteiger partial charge < -0.3 is 5.32 Å². The smallest absolute Gasteiger partial charge is 0.192 e. The molecule has 1 N–H and O–H groups in total. The Morgan fingerprint density at radius 2 is 1.85 bits per heavy atom. The van der Waals surface area contributed by atoms with Gasteiger partial charge in [-0.3, -0.25) is 0 Å². The molecule has 0 bridgehead atoms. The molecular weight excluding hydrogens is 290 g/mol. The second-order valence-corrected chi connectivity index (χ2v) is 7.94. The zero-order valence-corrected chi connectivity index (χ0v) is 13.2. The Labute approximate surface area is 124 Å². The Balaban J connectivity index is 2.41. The van der Waals surface area contributed by atoms with Gasteiger partial charge >= 0.3 is 0 Å². The van der Waals surface area contributed by atoms with Gasteiger partial charge in [0.25, 0.3) is 0 Å². The summed E-state index contributed by atoms with van der Waals surface area (Å²) in [6, 6.07) is 13.0. The lowest BCUT2D eigenvalue weighted by atomic mass is 10.0. The molecule has 0 saturated carbocycles. The Morgan fingerprint density at radius 1 is 1.15 bits per heavy atom. The van der Waals surface area contributed by atoms with Crippen LogP contribution >= 0.6 is 11.3 Å². The molecule has 0 radical (unpaired) electrons. The van der Waals surface area contributed by atoms with E-state index in [1.807, 2.05) is 44.3 Å². The predicted molar refractivity (Wildman–Crippen MR) is 83.8 cm³/mol. The summed E-state index contributed by atoms with van der Waals surface area (Å²) < 4.78 is 26.0. The van der Waals surface area contributed by atoms with E-state index < -0.39 is 15.1 Å². The molecule has 2 rings (SSSR count). The summed E-state index contributed by atoms with van der Waals surface area (Å²) in [6.45, 7) is 1.92. The van der Waals surface area contributed by atoms with Crippen molar-refractivity contribution >= 4 is 21.2 Å². The van der Waals surface area contributed by atoms with E-state index in [2.05, 4.69) is 5.32 Å². The fourth-order valence-corrected chi connectivity index (χ4v) is 5.62. The minimum Gasteiger partial charge on any atom is -0.312 e. The molecule has 20 heavy (non-hydrogen) atoms. The van der Waals surface area contributed by atoms with Gasteiger partial charge in [0.1, 0.15) is 4.21 Å². The number of thiophene rings is 1. The van der Waals surface area contributed by atoms with Crippen LogP contribution in [0.5, 0.6) is 0 Å². The van der Waals surface area contributed by atoms with E-state index in [1.54, 1.807) is 17.5 Å². The quantitative estimate of drug-likeness (QED) is 0.891. The molecule has 3 nitrogen and oxygen atoms in total. The second kappa shape index (κ2) is 6.52. The fourth-order valence-electron chi connectivity index (χ4n) is 2.44. The first kappa shape index (κ1) is 15.2. The lowest BCUT2D eigenvalue weighted by Crippen LogP contribution is -2.35. The second-order valence-electron chi connectivity index (χ2n) is 4.60. The van der Waals surface area contributed by atoms with Crippen LogP contribution in [0, 0.1) is 0 Å². The van der Waals surface area contributed by atoms with E-state index in [0.29, 0.717) is 10.6 Å². The van der Waals surface area contributed by atoms with Crippen molar-refractivity contribution in [2.45, 2.75) is 28.8 Å². The fraction of sp³-hybridized carbons (Fsp3) is 0.333. The third-order valence-corrected chi connectivity index (χ3v) is 7.16. The van der Waals surface area contributed by atoms with Crippen LogP contribution in [-0.4, -0.2) is 20.7 Å². The number of hydrogen-bond donors (Lipinski definition) is 1. The van der Waals surface area contributed by atoms with Crippen molar-refractivity contribution in [3.05, 3.63) is 53.4 Å². The highest BCUT2D eigenvalue weighted by Gasteiger charge is 2.34. The third-order valence-electron chi connectivity index (χ3n) is 3.42. The predicted octanol–water partition coefficient (Wildman–Crippen LogP) is 3.26. The SMILES string of the molecule is CCC(C(NC)c1ccccc1)S(=O)(=O)c1cccs1. The van der Waals surface area contributed by atoms with Crippen molar-refractivity contribution in [1.29, 1.82) is 0 Å². The van der Waals surface area contributed by atoms with Crippen molar-refractivity contribution in [3.8, 4) is 0 Å². The Morgan fingerprint density at radius 3 is 2.35 bits per heavy atom. The molecule has 0 aliphatic carbocycles. The topological polar surface area (TPSA) is 46.2 Å². The molecule has 0 amide bonds. The van der Waals surface area contributed by atoms with Crippen LogP contribution in [-0.2, 0) is 9.84 Å². The third kappa shape index (κ3) is 2.95. The van der Waals surface area contributed by atoms with Gasteiger partial charge in [0, 0.05) is 6.04 Å². The number of rotatable bonds is 6. The van der Waals surface area contributed by atoms with Crippen LogP contribution in [0.1, 0.15) is 24.9 Å². The average molecular weight is 309 g/mol. The van der Waals surface area contributed by atoms with Crippen LogP contribution in [0.2, 0.25) is 0 Å². The first-order valence-corrected chi connectivity index (χ1v) is 9.03. The summed E-state index contributed by atoms with van der Waals surface area (Å²) in [6.07, 6.45) is 0.570. The summed E-state index contributed by atoms with van der Waals surface area (Å²) in [5, 5.41) is 4.50. The summed E-state index contributed by atoms with van der Waals surface area (Å²) >= 11 is 1.28. The Hall–Kier alpha value is -1.17. The van der Waals surface area contributed by atoms with Gasteiger partial charge in [-0.05, 0) is 30.5 Å². The van der Waals surface area contributed by atoms with Gasteiger partial charge in [-0.1, -0.05) is 43.3 Å². The van der Waals surface area contributed by atoms with Crippen LogP contribution < -0.4 is 5.32 Å². The van der Waals surface area contributed by atoms with Crippen LogP contribution in [0.25, 0.3) is 0 Å². The largest absolute Gasteiger partial charge is 0.312 e. The van der Waals surface area contributed by atoms with Gasteiger partial charge in [-0.2, -0.15) is 0 Å². The maximum absolute atomic E-state index is 12.8. The highest BCUT2D eigenvalue weighted by Crippen LogP contribution is 2.31. The van der Waals surface area contributed by atoms with Gasteiger partial charge in [0.05, 0.1) is 5.25 Å². The normalized spacial score (nSPS) is 14.9. The van der Waals surface area contributed by atoms with E-state index in [4.69, 9.17) is 0 Å². The molecule has 0 fully saturated rings. The molecule has 1 aromatic heterocycles. The van der Waals surface area contributed by atoms with Crippen LogP contribution in [0.4, 0.5) is 0 Å². The van der Waals surface area contributed by atoms with Crippen LogP contribution in [0.3, 0.4) is 0 Å². The van der Waals surface area contributed by atoms with E-state index in [9.17, 15) is 8.42 Å². The monoisotopic (exact) mass is 309 g/mol. The Bertz CT molecular complexity index is 621. The van der Waals surface area contributed by atoms with Gasteiger partial charge in [-0.15, -0.1) is 11.3 Å². The maximum atomic E-state index is 12.8. The van der Waals surface area contributed by atoms with E-state index in [0.717, 1.165) is 5.56 Å². The molecular formula is C15H19NO2S2. The van der Waals surface area contributed by atoms with Crippen molar-refractivity contribution < 1.29 is 8.42 Å². The molecule has 0 aliphatic rings. The van der Waals surface area contributed by atoms with Gasteiger partial charge in [-0.25, -0.2) is 8.42 Å². The minimum atomic E-state index is -3.31.